The van der Waals surface area contributed by atoms with Crippen LogP contribution in [-0.2, 0) is 4.79 Å². The quantitative estimate of drug-likeness (QED) is 0.129. The summed E-state index contributed by atoms with van der Waals surface area (Å²) in [5.41, 5.74) is 12.0. The highest BCUT2D eigenvalue weighted by Gasteiger charge is 2.27. The third-order valence-corrected chi connectivity index (χ3v) is 5.09. The minimum atomic E-state index is -0.456. The van der Waals surface area contributed by atoms with E-state index in [1.807, 2.05) is 25.9 Å². The average Bonchev–Trinajstić information content (AvgIpc) is 2.78. The molecule has 0 spiro atoms. The van der Waals surface area contributed by atoms with Crippen LogP contribution in [0.4, 0.5) is 0 Å². The van der Waals surface area contributed by atoms with Crippen LogP contribution in [0.2, 0.25) is 0 Å². The lowest BCUT2D eigenvalue weighted by Gasteiger charge is -2.36. The fourth-order valence-electron chi connectivity index (χ4n) is 3.42. The molecule has 35 heavy (non-hydrogen) atoms. The zero-order valence-electron chi connectivity index (χ0n) is 23.3. The van der Waals surface area contributed by atoms with Gasteiger partial charge in [0.05, 0.1) is 17.7 Å². The number of carbonyl (C=O) groups is 1. The summed E-state index contributed by atoms with van der Waals surface area (Å²) >= 11 is 0. The van der Waals surface area contributed by atoms with Crippen LogP contribution in [0, 0.1) is 16.7 Å². The minimum absolute atomic E-state index is 0.00949. The number of nitrogens with one attached hydrogen (secondary N) is 2. The van der Waals surface area contributed by atoms with E-state index in [1.54, 1.807) is 12.1 Å². The normalized spacial score (nSPS) is 14.5. The van der Waals surface area contributed by atoms with Crippen molar-refractivity contribution in [3.63, 3.8) is 0 Å². The summed E-state index contributed by atoms with van der Waals surface area (Å²) in [6.07, 6.45) is 0.820. The highest BCUT2D eigenvalue weighted by atomic mass is 16.2. The summed E-state index contributed by atoms with van der Waals surface area (Å²) in [5.74, 6) is 0.753. The predicted octanol–water partition coefficient (Wildman–Crippen LogP) is 1.06. The highest BCUT2D eigenvalue weighted by molar-refractivity contribution is 5.99. The van der Waals surface area contributed by atoms with Gasteiger partial charge in [-0.2, -0.15) is 10.3 Å². The Morgan fingerprint density at radius 2 is 1.86 bits per heavy atom. The third kappa shape index (κ3) is 12.0. The largest absolute Gasteiger partial charge is 0.370 e. The molecular formula is C24H48N10O. The van der Waals surface area contributed by atoms with Crippen LogP contribution in [-0.4, -0.2) is 92.0 Å². The van der Waals surface area contributed by atoms with E-state index >= 15 is 0 Å². The number of amides is 1. The van der Waals surface area contributed by atoms with Gasteiger partial charge in [0.15, 0.2) is 5.96 Å². The number of guanidine groups is 1. The van der Waals surface area contributed by atoms with Gasteiger partial charge in [-0.15, -0.1) is 0 Å². The van der Waals surface area contributed by atoms with Crippen molar-refractivity contribution in [1.29, 1.82) is 5.26 Å². The number of hydrazine groups is 1. The Morgan fingerprint density at radius 3 is 2.29 bits per heavy atom. The lowest BCUT2D eigenvalue weighted by Crippen LogP contribution is -2.55. The Labute approximate surface area is 212 Å². The first-order valence-corrected chi connectivity index (χ1v) is 12.2. The molecule has 0 saturated carbocycles. The number of amidine groups is 1. The Morgan fingerprint density at radius 1 is 1.23 bits per heavy atom. The summed E-state index contributed by atoms with van der Waals surface area (Å²) in [7, 11) is 3.52. The number of hydrogen-bond donors (Lipinski definition) is 4. The van der Waals surface area contributed by atoms with E-state index in [9.17, 15) is 10.1 Å². The number of likely N-dealkylation sites (N-methyl/N-ethyl adjacent to an activating group) is 2. The molecular weight excluding hydrogens is 444 g/mol. The fraction of sp³-hybridized carbons (Fsp3) is 0.750. The number of rotatable bonds is 13. The number of hydrogen-bond acceptors (Lipinski definition) is 8. The first-order chi connectivity index (χ1) is 16.3. The van der Waals surface area contributed by atoms with E-state index in [0.717, 1.165) is 26.1 Å². The highest BCUT2D eigenvalue weighted by Crippen LogP contribution is 2.15. The van der Waals surface area contributed by atoms with Gasteiger partial charge in [0.1, 0.15) is 11.7 Å². The van der Waals surface area contributed by atoms with E-state index in [0.29, 0.717) is 18.9 Å². The van der Waals surface area contributed by atoms with E-state index in [2.05, 4.69) is 54.3 Å². The molecule has 1 amide bonds. The van der Waals surface area contributed by atoms with Gasteiger partial charge in [0.2, 0.25) is 5.91 Å². The average molecular weight is 493 g/mol. The maximum absolute atomic E-state index is 12.8. The number of nitriles is 1. The summed E-state index contributed by atoms with van der Waals surface area (Å²) in [6.45, 7) is 18.1. The van der Waals surface area contributed by atoms with E-state index in [4.69, 9.17) is 16.5 Å². The summed E-state index contributed by atoms with van der Waals surface area (Å²) in [4.78, 5) is 24.2. The predicted molar refractivity (Wildman–Crippen MR) is 144 cm³/mol. The molecule has 200 valence electrons. The molecule has 0 rings (SSSR count). The van der Waals surface area contributed by atoms with Crippen molar-refractivity contribution in [2.24, 2.45) is 26.9 Å². The van der Waals surface area contributed by atoms with Gasteiger partial charge in [-0.05, 0) is 25.3 Å². The van der Waals surface area contributed by atoms with Gasteiger partial charge in [-0.1, -0.05) is 34.6 Å². The van der Waals surface area contributed by atoms with Crippen molar-refractivity contribution >= 4 is 17.7 Å². The Balaban J connectivity index is 6.04. The second-order valence-electron chi connectivity index (χ2n) is 9.64. The molecule has 0 saturated heterocycles. The number of aliphatic imine (C=N–C) groups is 2. The summed E-state index contributed by atoms with van der Waals surface area (Å²) < 4.78 is 0. The smallest absolute Gasteiger partial charge is 0.239 e. The van der Waals surface area contributed by atoms with Crippen LogP contribution in [0.25, 0.3) is 0 Å². The van der Waals surface area contributed by atoms with Crippen LogP contribution >= 0.6 is 0 Å². The molecule has 0 aliphatic heterocycles. The van der Waals surface area contributed by atoms with Crippen LogP contribution in [0.15, 0.2) is 21.4 Å². The summed E-state index contributed by atoms with van der Waals surface area (Å²) in [6, 6.07) is 1.61. The van der Waals surface area contributed by atoms with Crippen LogP contribution in [0.1, 0.15) is 54.9 Å². The van der Waals surface area contributed by atoms with Crippen molar-refractivity contribution in [3.05, 3.63) is 11.4 Å². The Hall–Kier alpha value is -2.68. The second kappa shape index (κ2) is 16.1. The van der Waals surface area contributed by atoms with Crippen LogP contribution < -0.4 is 22.1 Å². The summed E-state index contributed by atoms with van der Waals surface area (Å²) in [5, 5.41) is 18.9. The number of nitrogens with zero attached hydrogens (tertiary/aromatic N) is 6. The minimum Gasteiger partial charge on any atom is -0.370 e. The van der Waals surface area contributed by atoms with Crippen molar-refractivity contribution in [3.8, 4) is 6.07 Å². The molecule has 6 N–H and O–H groups in total. The zero-order valence-corrected chi connectivity index (χ0v) is 23.3. The van der Waals surface area contributed by atoms with E-state index < -0.39 is 6.04 Å². The first-order valence-electron chi connectivity index (χ1n) is 12.2. The molecule has 11 nitrogen and oxygen atoms in total. The van der Waals surface area contributed by atoms with Gasteiger partial charge in [-0.3, -0.25) is 9.79 Å². The lowest BCUT2D eigenvalue weighted by molar-refractivity contribution is -0.135. The molecule has 0 aliphatic rings. The first kappa shape index (κ1) is 32.3. The van der Waals surface area contributed by atoms with Crippen molar-refractivity contribution < 1.29 is 4.79 Å². The van der Waals surface area contributed by atoms with Gasteiger partial charge in [0.25, 0.3) is 0 Å². The molecule has 0 heterocycles. The maximum Gasteiger partial charge on any atom is 0.239 e. The van der Waals surface area contributed by atoms with E-state index in [-0.39, 0.29) is 35.2 Å². The third-order valence-electron chi connectivity index (χ3n) is 5.09. The Kier molecular flexibility index (Phi) is 14.8. The molecule has 0 bridgehead atoms. The molecule has 0 unspecified atom stereocenters. The zero-order chi connectivity index (χ0) is 27.2. The fourth-order valence-corrected chi connectivity index (χ4v) is 3.42. The topological polar surface area (TPSA) is 151 Å². The van der Waals surface area contributed by atoms with Crippen molar-refractivity contribution in [1.82, 2.24) is 25.6 Å². The van der Waals surface area contributed by atoms with Gasteiger partial charge in [0, 0.05) is 53.7 Å². The SMILES string of the molecule is CCC/N=C(/[C@H](C)NC(/N=C(/N)NC)=C(\C#N)CN)N(C(C)=O)N(C)CCN(CC)CC(C)(C)C. The lowest BCUT2D eigenvalue weighted by atomic mass is 9.96. The van der Waals surface area contributed by atoms with Crippen LogP contribution in [0.5, 0.6) is 0 Å². The van der Waals surface area contributed by atoms with Gasteiger partial charge in [-0.25, -0.2) is 10.0 Å². The van der Waals surface area contributed by atoms with E-state index in [1.165, 1.54) is 6.92 Å². The molecule has 0 fully saturated rings. The Bertz CT molecular complexity index is 791. The number of carbonyl (C=O) groups excluding carboxylic acids is 1. The molecule has 1 atom stereocenters. The maximum atomic E-state index is 12.8. The molecule has 0 aliphatic carbocycles. The number of nitrogens with two attached hydrogens (primary N) is 2. The molecule has 0 aromatic heterocycles. The monoisotopic (exact) mass is 492 g/mol. The second-order valence-corrected chi connectivity index (χ2v) is 9.64. The molecule has 0 aromatic rings. The van der Waals surface area contributed by atoms with Crippen molar-refractivity contribution in [2.45, 2.75) is 60.9 Å². The van der Waals surface area contributed by atoms with Crippen molar-refractivity contribution in [2.75, 3.05) is 53.4 Å². The molecule has 0 radical (unpaired) electrons. The molecule has 0 aromatic carbocycles. The van der Waals surface area contributed by atoms with Gasteiger partial charge >= 0.3 is 0 Å². The standard InChI is InChI=1S/C24H48N10O/c1-10-12-29-22(18(3)30-21(20(15-25)16-26)31-23(27)28-8)34(19(4)35)32(9)13-14-33(11-2)17-24(5,6)7/h18,30H,10-15,17,25H2,1-9H3,(H3,27,28,31)/b21-20+,29-22-/t18-/m0/s1. The van der Waals surface area contributed by atoms with Crippen LogP contribution in [0.3, 0.4) is 0 Å². The molecule has 11 heteroatoms. The van der Waals surface area contributed by atoms with Gasteiger partial charge < -0.3 is 27.0 Å².